The van der Waals surface area contributed by atoms with Crippen molar-refractivity contribution in [3.05, 3.63) is 243 Å². The van der Waals surface area contributed by atoms with Crippen molar-refractivity contribution in [2.45, 2.75) is 0 Å². The van der Waals surface area contributed by atoms with Crippen LogP contribution in [0.25, 0.3) is 54.9 Å². The van der Waals surface area contributed by atoms with Gasteiger partial charge in [0, 0.05) is 34.0 Å². The number of hydrogen-bond acceptors (Lipinski definition) is 2. The van der Waals surface area contributed by atoms with Crippen LogP contribution in [0.15, 0.2) is 243 Å². The molecule has 0 fully saturated rings. The second-order valence-corrected chi connectivity index (χ2v) is 14.5. The van der Waals surface area contributed by atoms with Crippen LogP contribution >= 0.6 is 0 Å². The Balaban J connectivity index is 1.35. The van der Waals surface area contributed by atoms with Gasteiger partial charge in [0.2, 0.25) is 0 Å². The van der Waals surface area contributed by atoms with E-state index in [2.05, 4.69) is 252 Å². The summed E-state index contributed by atoms with van der Waals surface area (Å²) in [4.78, 5) is 4.78. The normalized spacial score (nSPS) is 11.1. The van der Waals surface area contributed by atoms with Crippen LogP contribution in [0.2, 0.25) is 0 Å². The minimum Gasteiger partial charge on any atom is -0.310 e. The van der Waals surface area contributed by atoms with E-state index >= 15 is 0 Å². The van der Waals surface area contributed by atoms with Gasteiger partial charge in [0.25, 0.3) is 0 Å². The van der Waals surface area contributed by atoms with Crippen LogP contribution in [-0.2, 0) is 0 Å². The van der Waals surface area contributed by atoms with Crippen LogP contribution in [0.5, 0.6) is 0 Å². The zero-order chi connectivity index (χ0) is 38.7. The first-order valence-corrected chi connectivity index (χ1v) is 19.9. The molecule has 2 heteroatoms. The van der Waals surface area contributed by atoms with Gasteiger partial charge in [0.1, 0.15) is 0 Å². The third-order valence-electron chi connectivity index (χ3n) is 11.0. The van der Waals surface area contributed by atoms with E-state index in [-0.39, 0.29) is 0 Å². The molecule has 58 heavy (non-hydrogen) atoms. The molecule has 0 atom stereocenters. The van der Waals surface area contributed by atoms with E-state index in [0.29, 0.717) is 0 Å². The van der Waals surface area contributed by atoms with Gasteiger partial charge in [-0.25, -0.2) is 0 Å². The minimum atomic E-state index is 1.10. The second kappa shape index (κ2) is 15.5. The summed E-state index contributed by atoms with van der Waals surface area (Å²) < 4.78 is 0. The molecule has 0 unspecified atom stereocenters. The minimum absolute atomic E-state index is 1.10. The molecule has 10 aromatic rings. The Bertz CT molecular complexity index is 2870. The molecule has 2 nitrogen and oxygen atoms in total. The number of nitrogens with zero attached hydrogens (tertiary/aromatic N) is 2. The molecule has 0 heterocycles. The van der Waals surface area contributed by atoms with E-state index in [1.807, 2.05) is 0 Å². The molecule has 0 radical (unpaired) electrons. The summed E-state index contributed by atoms with van der Waals surface area (Å²) in [5.74, 6) is 0. The molecule has 0 aliphatic carbocycles. The number of para-hydroxylation sites is 4. The molecule has 0 saturated heterocycles. The number of fused-ring (bicyclic) bond motifs is 2. The third-order valence-corrected chi connectivity index (χ3v) is 11.0. The second-order valence-electron chi connectivity index (χ2n) is 14.5. The molecule has 0 amide bonds. The quantitative estimate of drug-likeness (QED) is 0.136. The molecule has 10 rings (SSSR count). The first kappa shape index (κ1) is 34.8. The van der Waals surface area contributed by atoms with Crippen molar-refractivity contribution in [1.29, 1.82) is 0 Å². The van der Waals surface area contributed by atoms with Crippen molar-refractivity contribution in [3.8, 4) is 33.4 Å². The summed E-state index contributed by atoms with van der Waals surface area (Å²) in [6, 6.07) is 87.4. The van der Waals surface area contributed by atoms with E-state index < -0.39 is 0 Å². The van der Waals surface area contributed by atoms with Crippen LogP contribution < -0.4 is 9.80 Å². The maximum atomic E-state index is 2.46. The van der Waals surface area contributed by atoms with Crippen molar-refractivity contribution in [1.82, 2.24) is 0 Å². The van der Waals surface area contributed by atoms with Gasteiger partial charge in [-0.2, -0.15) is 0 Å². The maximum absolute atomic E-state index is 2.46. The van der Waals surface area contributed by atoms with Crippen molar-refractivity contribution < 1.29 is 0 Å². The molecule has 0 aromatic heterocycles. The van der Waals surface area contributed by atoms with Crippen LogP contribution in [0.1, 0.15) is 0 Å². The van der Waals surface area contributed by atoms with Gasteiger partial charge in [0.05, 0.1) is 5.69 Å². The predicted octanol–water partition coefficient (Wildman–Crippen LogP) is 15.9. The first-order valence-electron chi connectivity index (χ1n) is 19.9. The van der Waals surface area contributed by atoms with Gasteiger partial charge in [-0.15, -0.1) is 0 Å². The fraction of sp³-hybridized carbons (Fsp3) is 0. The van der Waals surface area contributed by atoms with Gasteiger partial charge in [-0.05, 0) is 128 Å². The van der Waals surface area contributed by atoms with E-state index in [0.717, 1.165) is 39.7 Å². The van der Waals surface area contributed by atoms with E-state index in [1.54, 1.807) is 0 Å². The fourth-order valence-electron chi connectivity index (χ4n) is 8.36. The number of hydrogen-bond donors (Lipinski definition) is 0. The Morgan fingerprint density at radius 3 is 1.07 bits per heavy atom. The Hall–Kier alpha value is -7.68. The number of anilines is 6. The lowest BCUT2D eigenvalue weighted by Gasteiger charge is -2.30. The maximum Gasteiger partial charge on any atom is 0.0552 e. The van der Waals surface area contributed by atoms with E-state index in [1.165, 1.54) is 49.4 Å². The smallest absolute Gasteiger partial charge is 0.0552 e. The first-order chi connectivity index (χ1) is 28.8. The molecule has 0 aliphatic heterocycles. The summed E-state index contributed by atoms with van der Waals surface area (Å²) in [5, 5.41) is 4.76. The highest BCUT2D eigenvalue weighted by Gasteiger charge is 2.24. The fourth-order valence-corrected chi connectivity index (χ4v) is 8.36. The molecule has 0 bridgehead atoms. The summed E-state index contributed by atoms with van der Waals surface area (Å²) in [5.41, 5.74) is 13.7. The molecular weight excluding hydrogens is 701 g/mol. The van der Waals surface area contributed by atoms with Crippen LogP contribution in [-0.4, -0.2) is 0 Å². The van der Waals surface area contributed by atoms with Gasteiger partial charge >= 0.3 is 0 Å². The Labute approximate surface area is 340 Å². The Morgan fingerprint density at radius 2 is 0.621 bits per heavy atom. The molecule has 0 aliphatic rings. The van der Waals surface area contributed by atoms with Gasteiger partial charge in [0.15, 0.2) is 0 Å². The van der Waals surface area contributed by atoms with E-state index in [4.69, 9.17) is 0 Å². The van der Waals surface area contributed by atoms with Crippen LogP contribution in [0.3, 0.4) is 0 Å². The van der Waals surface area contributed by atoms with Crippen LogP contribution in [0, 0.1) is 0 Å². The van der Waals surface area contributed by atoms with Gasteiger partial charge in [-0.3, -0.25) is 0 Å². The third kappa shape index (κ3) is 6.57. The van der Waals surface area contributed by atoms with Crippen molar-refractivity contribution >= 4 is 55.7 Å². The molecular formula is C56H40N2. The van der Waals surface area contributed by atoms with E-state index in [9.17, 15) is 0 Å². The number of rotatable bonds is 9. The number of benzene rings is 10. The highest BCUT2D eigenvalue weighted by atomic mass is 15.1. The van der Waals surface area contributed by atoms with Crippen LogP contribution in [0.4, 0.5) is 34.1 Å². The average molecular weight is 741 g/mol. The monoisotopic (exact) mass is 740 g/mol. The lowest BCUT2D eigenvalue weighted by atomic mass is 9.86. The summed E-state index contributed by atoms with van der Waals surface area (Å²) >= 11 is 0. The topological polar surface area (TPSA) is 6.48 Å². The SMILES string of the molecule is c1ccc(-c2cc(N(c3ccccc3)c3ccccc3)cc3cc4c(-c5ccccc5)cc(N(c5ccccc5)c5ccccc5)c(-c5ccccc5)c4cc23)cc1. The average Bonchev–Trinajstić information content (AvgIpc) is 3.30. The van der Waals surface area contributed by atoms with Gasteiger partial charge in [-0.1, -0.05) is 164 Å². The van der Waals surface area contributed by atoms with Crippen molar-refractivity contribution in [2.75, 3.05) is 9.80 Å². The van der Waals surface area contributed by atoms with Crippen molar-refractivity contribution in [2.24, 2.45) is 0 Å². The zero-order valence-corrected chi connectivity index (χ0v) is 32.0. The predicted molar refractivity (Wildman–Crippen MR) is 247 cm³/mol. The lowest BCUT2D eigenvalue weighted by Crippen LogP contribution is -2.12. The summed E-state index contributed by atoms with van der Waals surface area (Å²) in [7, 11) is 0. The Kier molecular flexibility index (Phi) is 9.27. The highest BCUT2D eigenvalue weighted by molar-refractivity contribution is 6.17. The molecule has 10 aromatic carbocycles. The van der Waals surface area contributed by atoms with Crippen molar-refractivity contribution in [3.63, 3.8) is 0 Å². The molecule has 274 valence electrons. The molecule has 0 saturated carbocycles. The van der Waals surface area contributed by atoms with Gasteiger partial charge < -0.3 is 9.80 Å². The largest absolute Gasteiger partial charge is 0.310 e. The highest BCUT2D eigenvalue weighted by Crippen LogP contribution is 2.50. The zero-order valence-electron chi connectivity index (χ0n) is 32.0. The lowest BCUT2D eigenvalue weighted by molar-refractivity contribution is 1.29. The summed E-state index contributed by atoms with van der Waals surface area (Å²) in [6.45, 7) is 0. The summed E-state index contributed by atoms with van der Waals surface area (Å²) in [6.07, 6.45) is 0. The molecule has 0 spiro atoms. The Morgan fingerprint density at radius 1 is 0.241 bits per heavy atom. The standard InChI is InChI=1S/C56H40N2/c1-8-22-41(23-9-1)50-38-49(57(45-28-14-4-15-29-45)46-30-16-5-17-31-46)36-44-37-53-52(42-24-10-2-11-25-42)40-55(56(54(53)39-51(44)50)43-26-12-3-13-27-43)58(47-32-18-6-19-33-47)48-34-20-7-21-35-48/h1-40H. The molecule has 0 N–H and O–H groups in total.